The number of hydrogen-bond donors (Lipinski definition) is 1. The van der Waals surface area contributed by atoms with E-state index in [-0.39, 0.29) is 10.8 Å². The van der Waals surface area contributed by atoms with Gasteiger partial charge >= 0.3 is 5.63 Å². The zero-order valence-electron chi connectivity index (χ0n) is 9.81. The molecule has 0 aliphatic carbocycles. The number of aromatic hydroxyl groups is 1. The van der Waals surface area contributed by atoms with Crippen LogP contribution in [-0.2, 0) is 0 Å². The largest absolute Gasteiger partial charge is 0.506 e. The Bertz CT molecular complexity index is 838. The summed E-state index contributed by atoms with van der Waals surface area (Å²) < 4.78 is 6.00. The number of phenolic OH excluding ortho intramolecular Hbond substituents is 1. The molecule has 0 fully saturated rings. The Morgan fingerprint density at radius 3 is 2.89 bits per heavy atom. The van der Waals surface area contributed by atoms with E-state index in [1.165, 1.54) is 17.4 Å². The smallest absolute Gasteiger partial charge is 0.363 e. The zero-order valence-corrected chi connectivity index (χ0v) is 11.4. The summed E-state index contributed by atoms with van der Waals surface area (Å²) >= 11 is 7.28. The number of benzene rings is 1. The summed E-state index contributed by atoms with van der Waals surface area (Å²) in [5.41, 5.74) is 0.505. The minimum absolute atomic E-state index is 0.0116. The van der Waals surface area contributed by atoms with Crippen molar-refractivity contribution >= 4 is 33.2 Å². The number of nitrogens with zero attached hydrogens (tertiary/aromatic N) is 1. The van der Waals surface area contributed by atoms with E-state index in [2.05, 4.69) is 4.98 Å². The topological polar surface area (TPSA) is 63.3 Å². The first-order chi connectivity index (χ1) is 9.04. The van der Waals surface area contributed by atoms with Crippen LogP contribution in [0.5, 0.6) is 5.75 Å². The van der Waals surface area contributed by atoms with Crippen LogP contribution in [-0.4, -0.2) is 10.1 Å². The molecule has 0 unspecified atom stereocenters. The summed E-state index contributed by atoms with van der Waals surface area (Å²) in [6, 6.07) is 6.40. The molecular weight excluding hydrogens is 286 g/mol. The Balaban J connectivity index is 2.24. The van der Waals surface area contributed by atoms with Gasteiger partial charge in [0, 0.05) is 11.6 Å². The minimum atomic E-state index is -0.471. The Morgan fingerprint density at radius 2 is 2.16 bits per heavy atom. The van der Waals surface area contributed by atoms with Crippen molar-refractivity contribution in [2.24, 2.45) is 0 Å². The first-order valence-corrected chi connectivity index (χ1v) is 6.64. The fraction of sp³-hybridized carbons (Fsp3) is 0.0769. The summed E-state index contributed by atoms with van der Waals surface area (Å²) in [5.74, 6) is 0.394. The molecule has 0 saturated heterocycles. The maximum absolute atomic E-state index is 11.8. The van der Waals surface area contributed by atoms with Gasteiger partial charge in [-0.1, -0.05) is 11.6 Å². The molecule has 0 radical (unpaired) electrons. The molecule has 0 aliphatic rings. The fourth-order valence-corrected chi connectivity index (χ4v) is 2.81. The SMILES string of the molecule is Cc1nc2c(=O)oc(-c3ccc(O)c(Cl)c3)cc2s1. The molecule has 0 atom stereocenters. The van der Waals surface area contributed by atoms with Crippen molar-refractivity contribution in [1.82, 2.24) is 4.98 Å². The number of hydrogen-bond acceptors (Lipinski definition) is 5. The first-order valence-electron chi connectivity index (χ1n) is 5.45. The molecule has 1 N–H and O–H groups in total. The summed E-state index contributed by atoms with van der Waals surface area (Å²) in [6.07, 6.45) is 0. The molecule has 19 heavy (non-hydrogen) atoms. The standard InChI is InChI=1S/C13H8ClNO3S/c1-6-15-12-11(19-6)5-10(18-13(12)17)7-2-3-9(16)8(14)4-7/h2-5,16H,1H3. The molecule has 4 nitrogen and oxygen atoms in total. The summed E-state index contributed by atoms with van der Waals surface area (Å²) in [5, 5.41) is 10.4. The quantitative estimate of drug-likeness (QED) is 0.745. The van der Waals surface area contributed by atoms with Gasteiger partial charge in [0.25, 0.3) is 0 Å². The summed E-state index contributed by atoms with van der Waals surface area (Å²) in [4.78, 5) is 16.0. The average Bonchev–Trinajstić information content (AvgIpc) is 2.74. The lowest BCUT2D eigenvalue weighted by atomic mass is 10.1. The maximum Gasteiger partial charge on any atom is 0.363 e. The van der Waals surface area contributed by atoms with Gasteiger partial charge in [0.15, 0.2) is 5.52 Å². The van der Waals surface area contributed by atoms with E-state index in [0.29, 0.717) is 16.8 Å². The second kappa shape index (κ2) is 4.36. The van der Waals surface area contributed by atoms with Gasteiger partial charge < -0.3 is 9.52 Å². The van der Waals surface area contributed by atoms with Gasteiger partial charge in [0.05, 0.1) is 14.7 Å². The van der Waals surface area contributed by atoms with Crippen molar-refractivity contribution < 1.29 is 9.52 Å². The van der Waals surface area contributed by atoms with E-state index in [1.54, 1.807) is 18.2 Å². The molecule has 3 rings (SSSR count). The van der Waals surface area contributed by atoms with Gasteiger partial charge in [0.1, 0.15) is 11.5 Å². The first kappa shape index (κ1) is 12.2. The molecule has 2 heterocycles. The van der Waals surface area contributed by atoms with E-state index in [4.69, 9.17) is 16.0 Å². The Labute approximate surface area is 116 Å². The molecule has 96 valence electrons. The Kier molecular flexibility index (Phi) is 2.80. The van der Waals surface area contributed by atoms with Crippen LogP contribution in [0, 0.1) is 6.92 Å². The van der Waals surface area contributed by atoms with Gasteiger partial charge in [-0.3, -0.25) is 0 Å². The molecular formula is C13H8ClNO3S. The number of thiazole rings is 1. The highest BCUT2D eigenvalue weighted by Crippen LogP contribution is 2.31. The van der Waals surface area contributed by atoms with Crippen LogP contribution in [0.25, 0.3) is 21.5 Å². The van der Waals surface area contributed by atoms with Crippen molar-refractivity contribution in [2.75, 3.05) is 0 Å². The van der Waals surface area contributed by atoms with Crippen LogP contribution < -0.4 is 5.63 Å². The van der Waals surface area contributed by atoms with E-state index in [9.17, 15) is 9.90 Å². The maximum atomic E-state index is 11.8. The third-order valence-electron chi connectivity index (χ3n) is 2.65. The van der Waals surface area contributed by atoms with Gasteiger partial charge in [-0.2, -0.15) is 0 Å². The van der Waals surface area contributed by atoms with Crippen molar-refractivity contribution in [3.8, 4) is 17.1 Å². The minimum Gasteiger partial charge on any atom is -0.506 e. The average molecular weight is 294 g/mol. The summed E-state index contributed by atoms with van der Waals surface area (Å²) in [6.45, 7) is 1.83. The molecule has 0 aliphatic heterocycles. The van der Waals surface area contributed by atoms with Crippen molar-refractivity contribution in [1.29, 1.82) is 0 Å². The van der Waals surface area contributed by atoms with Crippen LogP contribution in [0.15, 0.2) is 33.5 Å². The van der Waals surface area contributed by atoms with Crippen molar-refractivity contribution in [3.05, 3.63) is 44.7 Å². The molecule has 0 spiro atoms. The van der Waals surface area contributed by atoms with Crippen LogP contribution in [0.1, 0.15) is 5.01 Å². The van der Waals surface area contributed by atoms with Gasteiger partial charge in [0.2, 0.25) is 0 Å². The molecule has 0 bridgehead atoms. The van der Waals surface area contributed by atoms with Crippen molar-refractivity contribution in [3.63, 3.8) is 0 Å². The molecule has 3 aromatic rings. The zero-order chi connectivity index (χ0) is 13.6. The highest BCUT2D eigenvalue weighted by Gasteiger charge is 2.11. The normalized spacial score (nSPS) is 11.1. The lowest BCUT2D eigenvalue weighted by Crippen LogP contribution is -1.99. The van der Waals surface area contributed by atoms with E-state index < -0.39 is 5.63 Å². The third-order valence-corrected chi connectivity index (χ3v) is 3.87. The number of aryl methyl sites for hydroxylation is 1. The molecule has 0 amide bonds. The fourth-order valence-electron chi connectivity index (χ4n) is 1.79. The number of fused-ring (bicyclic) bond motifs is 1. The van der Waals surface area contributed by atoms with E-state index in [1.807, 2.05) is 6.92 Å². The highest BCUT2D eigenvalue weighted by atomic mass is 35.5. The monoisotopic (exact) mass is 293 g/mol. The van der Waals surface area contributed by atoms with Crippen molar-refractivity contribution in [2.45, 2.75) is 6.92 Å². The van der Waals surface area contributed by atoms with Crippen LogP contribution >= 0.6 is 22.9 Å². The Morgan fingerprint density at radius 1 is 1.37 bits per heavy atom. The van der Waals surface area contributed by atoms with Gasteiger partial charge in [-0.05, 0) is 25.1 Å². The van der Waals surface area contributed by atoms with E-state index >= 15 is 0 Å². The predicted octanol–water partition coefficient (Wildman–Crippen LogP) is 3.58. The lowest BCUT2D eigenvalue weighted by molar-refractivity contribution is 0.475. The molecule has 6 heteroatoms. The van der Waals surface area contributed by atoms with Crippen LogP contribution in [0.2, 0.25) is 5.02 Å². The molecule has 0 saturated carbocycles. The number of rotatable bonds is 1. The van der Waals surface area contributed by atoms with Crippen LogP contribution in [0.4, 0.5) is 0 Å². The van der Waals surface area contributed by atoms with Crippen LogP contribution in [0.3, 0.4) is 0 Å². The highest BCUT2D eigenvalue weighted by molar-refractivity contribution is 7.18. The third kappa shape index (κ3) is 2.11. The number of aromatic nitrogens is 1. The van der Waals surface area contributed by atoms with Gasteiger partial charge in [-0.15, -0.1) is 11.3 Å². The lowest BCUT2D eigenvalue weighted by Gasteiger charge is -2.02. The predicted molar refractivity (Wildman–Crippen MR) is 75.0 cm³/mol. The van der Waals surface area contributed by atoms with E-state index in [0.717, 1.165) is 9.71 Å². The second-order valence-corrected chi connectivity index (χ2v) is 5.65. The molecule has 2 aromatic heterocycles. The second-order valence-electron chi connectivity index (χ2n) is 4.01. The van der Waals surface area contributed by atoms with Gasteiger partial charge in [-0.25, -0.2) is 9.78 Å². The molecule has 1 aromatic carbocycles. The number of halogens is 1. The number of phenols is 1. The summed E-state index contributed by atoms with van der Waals surface area (Å²) in [7, 11) is 0. The Hall–Kier alpha value is -1.85.